The van der Waals surface area contributed by atoms with Crippen LogP contribution in [-0.2, 0) is 14.3 Å². The first-order valence-corrected chi connectivity index (χ1v) is 10.7. The molecule has 0 aliphatic carbocycles. The molecule has 0 spiro atoms. The van der Waals surface area contributed by atoms with Gasteiger partial charge in [-0.3, -0.25) is 9.59 Å². The Bertz CT molecular complexity index is 977. The molecule has 0 bridgehead atoms. The van der Waals surface area contributed by atoms with Crippen LogP contribution in [0.4, 0.5) is 11.6 Å². The number of amides is 1. The van der Waals surface area contributed by atoms with Gasteiger partial charge >= 0.3 is 5.97 Å². The van der Waals surface area contributed by atoms with Gasteiger partial charge in [0.05, 0.1) is 29.8 Å². The van der Waals surface area contributed by atoms with Crippen LogP contribution in [0.3, 0.4) is 0 Å². The average molecular weight is 466 g/mol. The third-order valence-electron chi connectivity index (χ3n) is 5.41. The summed E-state index contributed by atoms with van der Waals surface area (Å²) in [7, 11) is 1.31. The quantitative estimate of drug-likeness (QED) is 0.628. The van der Waals surface area contributed by atoms with E-state index in [2.05, 4.69) is 24.9 Å². The number of esters is 1. The maximum Gasteiger partial charge on any atom is 0.306 e. The Labute approximate surface area is 191 Å². The number of hydrogen-bond donors (Lipinski definition) is 2. The summed E-state index contributed by atoms with van der Waals surface area (Å²) in [6.45, 7) is 3.36. The Kier molecular flexibility index (Phi) is 7.23. The normalized spacial score (nSPS) is 15.4. The molecule has 1 fully saturated rings. The highest BCUT2D eigenvalue weighted by Crippen LogP contribution is 2.35. The van der Waals surface area contributed by atoms with Crippen LogP contribution in [0.1, 0.15) is 32.6 Å². The Morgan fingerprint density at radius 1 is 1.26 bits per heavy atom. The number of hydrogen-bond acceptors (Lipinski definition) is 7. The van der Waals surface area contributed by atoms with Crippen LogP contribution < -0.4 is 16.0 Å². The van der Waals surface area contributed by atoms with Crippen LogP contribution in [0.5, 0.6) is 0 Å². The summed E-state index contributed by atoms with van der Waals surface area (Å²) in [5.41, 5.74) is 6.93. The number of methoxy groups -OCH3 is 1. The number of anilines is 2. The van der Waals surface area contributed by atoms with Gasteiger partial charge in [0.25, 0.3) is 0 Å². The molecular formula is C21H25Cl2N5O3. The molecule has 10 heteroatoms. The van der Waals surface area contributed by atoms with Gasteiger partial charge in [0.15, 0.2) is 5.82 Å². The van der Waals surface area contributed by atoms with Crippen LogP contribution in [0.2, 0.25) is 10.0 Å². The number of rotatable bonds is 6. The number of aromatic nitrogens is 2. The molecule has 2 heterocycles. The van der Waals surface area contributed by atoms with Crippen molar-refractivity contribution < 1.29 is 14.3 Å². The van der Waals surface area contributed by atoms with Crippen LogP contribution in [0, 0.1) is 0 Å². The fourth-order valence-corrected chi connectivity index (χ4v) is 3.90. The van der Waals surface area contributed by atoms with E-state index >= 15 is 0 Å². The van der Waals surface area contributed by atoms with Crippen molar-refractivity contribution in [2.75, 3.05) is 30.8 Å². The predicted octanol–water partition coefficient (Wildman–Crippen LogP) is 3.46. The van der Waals surface area contributed by atoms with Crippen LogP contribution >= 0.6 is 23.2 Å². The SMILES string of the molecule is COC(=O)CCC(=O)NC1(C)CCN(c2cnc(-c3cccc(Cl)c3Cl)c(N)n2)CC1. The molecule has 8 nitrogen and oxygen atoms in total. The molecule has 3 N–H and O–H groups in total. The summed E-state index contributed by atoms with van der Waals surface area (Å²) in [5.74, 6) is 0.381. The lowest BCUT2D eigenvalue weighted by molar-refractivity contribution is -0.142. The van der Waals surface area contributed by atoms with Crippen molar-refractivity contribution in [3.63, 3.8) is 0 Å². The summed E-state index contributed by atoms with van der Waals surface area (Å²) < 4.78 is 4.57. The smallest absolute Gasteiger partial charge is 0.306 e. The van der Waals surface area contributed by atoms with Gasteiger partial charge in [0.2, 0.25) is 5.91 Å². The lowest BCUT2D eigenvalue weighted by atomic mass is 9.89. The molecule has 3 rings (SSSR count). The standard InChI is InChI=1S/C21H25Cl2N5O3/c1-21(27-16(29)6-7-17(30)31-2)8-10-28(11-9-21)15-12-25-19(20(24)26-15)13-4-3-5-14(22)18(13)23/h3-5,12H,6-11H2,1-2H3,(H2,24,26)(H,27,29). The second-order valence-electron chi connectivity index (χ2n) is 7.74. The van der Waals surface area contributed by atoms with E-state index in [4.69, 9.17) is 28.9 Å². The highest BCUT2D eigenvalue weighted by atomic mass is 35.5. The van der Waals surface area contributed by atoms with E-state index in [-0.39, 0.29) is 30.1 Å². The fourth-order valence-electron chi connectivity index (χ4n) is 3.51. The van der Waals surface area contributed by atoms with E-state index < -0.39 is 5.97 Å². The zero-order chi connectivity index (χ0) is 22.6. The molecule has 0 atom stereocenters. The maximum atomic E-state index is 12.2. The van der Waals surface area contributed by atoms with Gasteiger partial charge in [0.1, 0.15) is 11.5 Å². The molecule has 1 aliphatic heterocycles. The van der Waals surface area contributed by atoms with Gasteiger partial charge in [-0.05, 0) is 25.8 Å². The van der Waals surface area contributed by atoms with Crippen LogP contribution in [-0.4, -0.2) is 47.6 Å². The zero-order valence-corrected chi connectivity index (χ0v) is 19.0. The predicted molar refractivity (Wildman–Crippen MR) is 121 cm³/mol. The van der Waals surface area contributed by atoms with Crippen molar-refractivity contribution in [3.05, 3.63) is 34.4 Å². The maximum absolute atomic E-state index is 12.2. The van der Waals surface area contributed by atoms with E-state index in [0.29, 0.717) is 40.2 Å². The molecule has 0 radical (unpaired) electrons. The second kappa shape index (κ2) is 9.70. The largest absolute Gasteiger partial charge is 0.469 e. The Morgan fingerprint density at radius 2 is 1.97 bits per heavy atom. The Hall–Kier alpha value is -2.58. The Balaban J connectivity index is 1.63. The molecule has 1 aromatic carbocycles. The van der Waals surface area contributed by atoms with Crippen molar-refractivity contribution in [2.24, 2.45) is 0 Å². The zero-order valence-electron chi connectivity index (χ0n) is 17.5. The van der Waals surface area contributed by atoms with E-state index in [1.165, 1.54) is 7.11 Å². The molecule has 0 saturated carbocycles. The van der Waals surface area contributed by atoms with E-state index in [1.54, 1.807) is 24.4 Å². The van der Waals surface area contributed by atoms with Gasteiger partial charge < -0.3 is 20.7 Å². The van der Waals surface area contributed by atoms with E-state index in [1.807, 2.05) is 6.92 Å². The third-order valence-corrected chi connectivity index (χ3v) is 6.23. The van der Waals surface area contributed by atoms with Crippen LogP contribution in [0.15, 0.2) is 24.4 Å². The number of nitrogens with two attached hydrogens (primary N) is 1. The lowest BCUT2D eigenvalue weighted by Crippen LogP contribution is -2.53. The van der Waals surface area contributed by atoms with Gasteiger partial charge in [-0.25, -0.2) is 9.97 Å². The molecule has 1 amide bonds. The molecule has 0 unspecified atom stereocenters. The number of halogens is 2. The molecule has 166 valence electrons. The molecular weight excluding hydrogens is 441 g/mol. The number of nitrogens with one attached hydrogen (secondary N) is 1. The van der Waals surface area contributed by atoms with E-state index in [9.17, 15) is 9.59 Å². The number of carbonyl (C=O) groups excluding carboxylic acids is 2. The monoisotopic (exact) mass is 465 g/mol. The second-order valence-corrected chi connectivity index (χ2v) is 8.52. The first-order chi connectivity index (χ1) is 14.7. The minimum Gasteiger partial charge on any atom is -0.469 e. The first-order valence-electron chi connectivity index (χ1n) is 9.92. The average Bonchev–Trinajstić information content (AvgIpc) is 2.74. The van der Waals surface area contributed by atoms with Crippen molar-refractivity contribution >= 4 is 46.7 Å². The van der Waals surface area contributed by atoms with Gasteiger partial charge in [0, 0.05) is 30.6 Å². The van der Waals surface area contributed by atoms with Crippen molar-refractivity contribution in [3.8, 4) is 11.3 Å². The first kappa shape index (κ1) is 23.1. The van der Waals surface area contributed by atoms with E-state index in [0.717, 1.165) is 12.8 Å². The minimum atomic E-state index is -0.395. The molecule has 31 heavy (non-hydrogen) atoms. The summed E-state index contributed by atoms with van der Waals surface area (Å²) in [6, 6.07) is 5.28. The number of benzene rings is 1. The highest BCUT2D eigenvalue weighted by Gasteiger charge is 2.32. The summed E-state index contributed by atoms with van der Waals surface area (Å²) in [5, 5.41) is 3.85. The molecule has 2 aromatic rings. The minimum absolute atomic E-state index is 0.0718. The molecule has 1 saturated heterocycles. The summed E-state index contributed by atoms with van der Waals surface area (Å²) in [4.78, 5) is 34.4. The number of ether oxygens (including phenoxy) is 1. The number of piperidine rings is 1. The van der Waals surface area contributed by atoms with Gasteiger partial charge in [-0.1, -0.05) is 35.3 Å². The van der Waals surface area contributed by atoms with Crippen molar-refractivity contribution in [1.29, 1.82) is 0 Å². The Morgan fingerprint density at radius 3 is 2.61 bits per heavy atom. The molecule has 1 aliphatic rings. The molecule has 1 aromatic heterocycles. The number of nitrogen functional groups attached to an aromatic ring is 1. The number of carbonyl (C=O) groups is 2. The number of nitrogens with zero attached hydrogens (tertiary/aromatic N) is 3. The van der Waals surface area contributed by atoms with Gasteiger partial charge in [-0.2, -0.15) is 0 Å². The highest BCUT2D eigenvalue weighted by molar-refractivity contribution is 6.43. The van der Waals surface area contributed by atoms with Crippen LogP contribution in [0.25, 0.3) is 11.3 Å². The topological polar surface area (TPSA) is 110 Å². The lowest BCUT2D eigenvalue weighted by Gasteiger charge is -2.40. The third kappa shape index (κ3) is 5.57. The summed E-state index contributed by atoms with van der Waals surface area (Å²) in [6.07, 6.45) is 3.30. The van der Waals surface area contributed by atoms with Crippen molar-refractivity contribution in [1.82, 2.24) is 15.3 Å². The fraction of sp³-hybridized carbons (Fsp3) is 0.429. The van der Waals surface area contributed by atoms with Gasteiger partial charge in [-0.15, -0.1) is 0 Å². The van der Waals surface area contributed by atoms with Crippen molar-refractivity contribution in [2.45, 2.75) is 38.1 Å². The summed E-state index contributed by atoms with van der Waals surface area (Å²) >= 11 is 12.4.